The van der Waals surface area contributed by atoms with E-state index in [-0.39, 0.29) is 19.3 Å². The van der Waals surface area contributed by atoms with Crippen molar-refractivity contribution in [3.05, 3.63) is 0 Å². The fraction of sp³-hybridized carbons (Fsp3) is 0.900. The van der Waals surface area contributed by atoms with Crippen LogP contribution in [0.25, 0.3) is 0 Å². The maximum absolute atomic E-state index is 11.7. The highest BCUT2D eigenvalue weighted by Gasteiger charge is 2.32. The van der Waals surface area contributed by atoms with Gasteiger partial charge in [-0.05, 0) is 31.6 Å². The number of unbranched alkanes of at least 4 members (excludes halogenated alkanes) is 12. The number of carbonyl (C=O) groups excluding carboxylic acids is 3. The molecule has 0 aromatic heterocycles. The van der Waals surface area contributed by atoms with Gasteiger partial charge in [-0.2, -0.15) is 0 Å². The minimum atomic E-state index is -0.481. The summed E-state index contributed by atoms with van der Waals surface area (Å²) in [5.41, 5.74) is 0. The third-order valence-electron chi connectivity index (χ3n) is 6.97. The molecule has 0 aromatic rings. The van der Waals surface area contributed by atoms with E-state index >= 15 is 0 Å². The summed E-state index contributed by atoms with van der Waals surface area (Å²) in [6.45, 7) is 7.56. The van der Waals surface area contributed by atoms with E-state index in [1.165, 1.54) is 96.3 Å². The molecule has 6 nitrogen and oxygen atoms in total. The molecule has 210 valence electrons. The zero-order valence-corrected chi connectivity index (χ0v) is 23.7. The summed E-state index contributed by atoms with van der Waals surface area (Å²) in [5, 5.41) is 0.634. The summed E-state index contributed by atoms with van der Waals surface area (Å²) < 4.78 is 6.06. The molecule has 2 rings (SSSR count). The molecule has 0 aromatic carbocycles. The quantitative estimate of drug-likeness (QED) is 0.138. The summed E-state index contributed by atoms with van der Waals surface area (Å²) in [6.07, 6.45) is 23.5. The van der Waals surface area contributed by atoms with Gasteiger partial charge in [0.15, 0.2) is 0 Å². The molecule has 1 aliphatic carbocycles. The molecule has 1 heterocycles. The Hall–Kier alpha value is -1.43. The van der Waals surface area contributed by atoms with Crippen LogP contribution in [0, 0.1) is 5.92 Å². The predicted molar refractivity (Wildman–Crippen MR) is 145 cm³/mol. The summed E-state index contributed by atoms with van der Waals surface area (Å²) in [7, 11) is 0. The maximum Gasteiger partial charge on any atom is 0.333 e. The number of rotatable bonds is 18. The van der Waals surface area contributed by atoms with Crippen molar-refractivity contribution in [1.29, 1.82) is 0 Å². The number of imide groups is 1. The second kappa shape index (κ2) is 21.6. The zero-order valence-electron chi connectivity index (χ0n) is 23.7. The monoisotopic (exact) mass is 509 g/mol. The van der Waals surface area contributed by atoms with Crippen molar-refractivity contribution >= 4 is 17.8 Å². The van der Waals surface area contributed by atoms with Crippen molar-refractivity contribution in [2.24, 2.45) is 5.92 Å². The van der Waals surface area contributed by atoms with Gasteiger partial charge < -0.3 is 9.57 Å². The smallest absolute Gasteiger partial charge is 0.333 e. The van der Waals surface area contributed by atoms with Crippen LogP contribution < -0.4 is 0 Å². The lowest BCUT2D eigenvalue weighted by Crippen LogP contribution is -2.31. The third-order valence-corrected chi connectivity index (χ3v) is 6.97. The Morgan fingerprint density at radius 2 is 1.25 bits per heavy atom. The lowest BCUT2D eigenvalue weighted by molar-refractivity contribution is -0.197. The molecule has 1 aliphatic heterocycles. The average Bonchev–Trinajstić information content (AvgIpc) is 3.16. The standard InChI is InChI=1S/C27H47NO5.C3H8/c1-23-16-15-17-24(22-23)32-21-14-12-10-8-6-4-2-3-5-7-9-11-13-18-27(31)33-28-25(29)19-20-26(28)30;1-3-2/h23-24H,2-22H2,1H3;3H2,1-2H3. The lowest BCUT2D eigenvalue weighted by Gasteiger charge is -2.26. The van der Waals surface area contributed by atoms with Crippen LogP contribution in [-0.4, -0.2) is 35.6 Å². The third kappa shape index (κ3) is 16.3. The van der Waals surface area contributed by atoms with Crippen molar-refractivity contribution in [3.63, 3.8) is 0 Å². The van der Waals surface area contributed by atoms with Crippen molar-refractivity contribution in [2.45, 2.75) is 162 Å². The number of nitrogens with zero attached hydrogens (tertiary/aromatic N) is 1. The molecule has 0 bridgehead atoms. The fourth-order valence-electron chi connectivity index (χ4n) is 4.90. The Morgan fingerprint density at radius 1 is 0.778 bits per heavy atom. The SMILES string of the molecule is CC1CCCC(OCCCCCCCCCCCCCCCC(=O)ON2C(=O)CCC2=O)C1.CCC. The van der Waals surface area contributed by atoms with Crippen LogP contribution in [0.1, 0.15) is 156 Å². The van der Waals surface area contributed by atoms with E-state index < -0.39 is 17.8 Å². The number of carbonyl (C=O) groups is 3. The van der Waals surface area contributed by atoms with Gasteiger partial charge in [0.1, 0.15) is 0 Å². The highest BCUT2D eigenvalue weighted by Crippen LogP contribution is 2.26. The van der Waals surface area contributed by atoms with Crippen LogP contribution in [0.5, 0.6) is 0 Å². The first-order valence-corrected chi connectivity index (χ1v) is 15.2. The summed E-state index contributed by atoms with van der Waals surface area (Å²) in [6, 6.07) is 0. The molecule has 0 radical (unpaired) electrons. The predicted octanol–water partition coefficient (Wildman–Crippen LogP) is 8.07. The summed E-state index contributed by atoms with van der Waals surface area (Å²) in [4.78, 5) is 39.4. The van der Waals surface area contributed by atoms with Gasteiger partial charge >= 0.3 is 5.97 Å². The molecule has 36 heavy (non-hydrogen) atoms. The molecule has 2 fully saturated rings. The maximum atomic E-state index is 11.7. The van der Waals surface area contributed by atoms with Crippen LogP contribution in [0.4, 0.5) is 0 Å². The normalized spacial score (nSPS) is 19.8. The molecule has 2 atom stereocenters. The lowest BCUT2D eigenvalue weighted by atomic mass is 9.89. The topological polar surface area (TPSA) is 72.9 Å². The van der Waals surface area contributed by atoms with E-state index in [1.807, 2.05) is 0 Å². The first-order valence-electron chi connectivity index (χ1n) is 15.2. The molecule has 0 N–H and O–H groups in total. The molecule has 2 amide bonds. The first-order chi connectivity index (χ1) is 17.5. The van der Waals surface area contributed by atoms with Crippen LogP contribution in [0.3, 0.4) is 0 Å². The molecule has 0 spiro atoms. The van der Waals surface area contributed by atoms with Crippen LogP contribution >= 0.6 is 0 Å². The average molecular weight is 510 g/mol. The molecule has 1 saturated carbocycles. The van der Waals surface area contributed by atoms with Crippen LogP contribution in [0.15, 0.2) is 0 Å². The van der Waals surface area contributed by atoms with E-state index in [4.69, 9.17) is 9.57 Å². The van der Waals surface area contributed by atoms with Crippen molar-refractivity contribution in [3.8, 4) is 0 Å². The van der Waals surface area contributed by atoms with E-state index in [2.05, 4.69) is 20.8 Å². The number of hydrogen-bond acceptors (Lipinski definition) is 5. The number of amides is 2. The second-order valence-corrected chi connectivity index (χ2v) is 10.9. The molecule has 1 saturated heterocycles. The van der Waals surface area contributed by atoms with E-state index in [0.29, 0.717) is 11.2 Å². The molecular weight excluding hydrogens is 454 g/mol. The highest BCUT2D eigenvalue weighted by atomic mass is 16.7. The van der Waals surface area contributed by atoms with Gasteiger partial charge in [-0.25, -0.2) is 4.79 Å². The summed E-state index contributed by atoms with van der Waals surface area (Å²) in [5.74, 6) is -0.461. The zero-order chi connectivity index (χ0) is 26.4. The largest absolute Gasteiger partial charge is 0.378 e. The number of hydrogen-bond donors (Lipinski definition) is 0. The van der Waals surface area contributed by atoms with Crippen molar-refractivity contribution in [2.75, 3.05) is 6.61 Å². The van der Waals surface area contributed by atoms with Gasteiger partial charge in [0, 0.05) is 25.9 Å². The molecule has 2 aliphatic rings. The minimum Gasteiger partial charge on any atom is -0.378 e. The van der Waals surface area contributed by atoms with Crippen molar-refractivity contribution in [1.82, 2.24) is 5.06 Å². The molecular formula is C30H55NO5. The van der Waals surface area contributed by atoms with E-state index in [1.54, 1.807) is 0 Å². The van der Waals surface area contributed by atoms with Gasteiger partial charge in [-0.3, -0.25) is 9.59 Å². The Morgan fingerprint density at radius 3 is 1.75 bits per heavy atom. The highest BCUT2D eigenvalue weighted by molar-refractivity contribution is 6.01. The number of ether oxygens (including phenoxy) is 1. The van der Waals surface area contributed by atoms with Gasteiger partial charge in [0.25, 0.3) is 11.8 Å². The Labute approximate surface area is 221 Å². The Kier molecular flexibility index (Phi) is 19.6. The first kappa shape index (κ1) is 32.6. The van der Waals surface area contributed by atoms with E-state index in [0.717, 1.165) is 31.8 Å². The summed E-state index contributed by atoms with van der Waals surface area (Å²) >= 11 is 0. The van der Waals surface area contributed by atoms with Gasteiger partial charge in [-0.1, -0.05) is 111 Å². The van der Waals surface area contributed by atoms with E-state index in [9.17, 15) is 14.4 Å². The van der Waals surface area contributed by atoms with Crippen molar-refractivity contribution < 1.29 is 24.0 Å². The molecule has 2 unspecified atom stereocenters. The van der Waals surface area contributed by atoms with Crippen LogP contribution in [0.2, 0.25) is 0 Å². The Balaban J connectivity index is 0.00000205. The molecule has 6 heteroatoms. The van der Waals surface area contributed by atoms with Gasteiger partial charge in [0.05, 0.1) is 6.10 Å². The van der Waals surface area contributed by atoms with Crippen LogP contribution in [-0.2, 0) is 24.0 Å². The second-order valence-electron chi connectivity index (χ2n) is 10.9. The number of hydroxylamine groups is 2. The minimum absolute atomic E-state index is 0.140. The van der Waals surface area contributed by atoms with Gasteiger partial charge in [0.2, 0.25) is 0 Å². The van der Waals surface area contributed by atoms with Gasteiger partial charge in [-0.15, -0.1) is 5.06 Å². The fourth-order valence-corrected chi connectivity index (χ4v) is 4.90. The Bertz CT molecular complexity index is 578.